The Balaban J connectivity index is 3.31. The number of rotatable bonds is 6. The van der Waals surface area contributed by atoms with Crippen molar-refractivity contribution in [2.75, 3.05) is 20.6 Å². The van der Waals surface area contributed by atoms with Gasteiger partial charge in [0.1, 0.15) is 10.7 Å². The predicted molar refractivity (Wildman–Crippen MR) is 78.8 cm³/mol. The minimum Gasteiger partial charge on any atom is -0.316 e. The van der Waals surface area contributed by atoms with Gasteiger partial charge in [0.15, 0.2) is 0 Å². The van der Waals surface area contributed by atoms with E-state index in [-0.39, 0.29) is 27.9 Å². The normalized spacial score (nSPS) is 12.4. The minimum absolute atomic E-state index is 0.147. The smallest absolute Gasteiger partial charge is 0.245 e. The molecule has 0 aromatic heterocycles. The molecular formula is C13H20ClFN2O2S. The highest BCUT2D eigenvalue weighted by molar-refractivity contribution is 7.89. The van der Waals surface area contributed by atoms with Crippen molar-refractivity contribution in [1.29, 1.82) is 0 Å². The summed E-state index contributed by atoms with van der Waals surface area (Å²) in [6, 6.07) is 2.58. The molecule has 0 heterocycles. The van der Waals surface area contributed by atoms with Crippen LogP contribution in [0, 0.1) is 11.7 Å². The molecule has 1 N–H and O–H groups in total. The van der Waals surface area contributed by atoms with Crippen LogP contribution in [0.1, 0.15) is 19.4 Å². The lowest BCUT2D eigenvalue weighted by atomic mass is 10.2. The van der Waals surface area contributed by atoms with Crippen molar-refractivity contribution < 1.29 is 12.8 Å². The van der Waals surface area contributed by atoms with E-state index in [4.69, 9.17) is 11.6 Å². The Hall–Kier alpha value is -0.690. The summed E-state index contributed by atoms with van der Waals surface area (Å²) in [4.78, 5) is -0.376. The molecule has 0 saturated heterocycles. The SMILES string of the molecule is CNCc1cc(Cl)cc(S(=O)(=O)N(C)CC(C)C)c1F. The summed E-state index contributed by atoms with van der Waals surface area (Å²) in [7, 11) is -0.792. The highest BCUT2D eigenvalue weighted by Crippen LogP contribution is 2.26. The van der Waals surface area contributed by atoms with Gasteiger partial charge in [-0.1, -0.05) is 25.4 Å². The van der Waals surface area contributed by atoms with Crippen molar-refractivity contribution in [2.45, 2.75) is 25.3 Å². The fourth-order valence-electron chi connectivity index (χ4n) is 1.91. The third-order valence-corrected chi connectivity index (χ3v) is 4.80. The molecule has 20 heavy (non-hydrogen) atoms. The first-order valence-corrected chi connectivity index (χ1v) is 8.10. The second kappa shape index (κ2) is 6.85. The maximum atomic E-state index is 14.3. The van der Waals surface area contributed by atoms with Gasteiger partial charge in [0.2, 0.25) is 10.0 Å². The van der Waals surface area contributed by atoms with E-state index in [0.29, 0.717) is 6.54 Å². The van der Waals surface area contributed by atoms with Crippen LogP contribution < -0.4 is 5.32 Å². The summed E-state index contributed by atoms with van der Waals surface area (Å²) in [5.41, 5.74) is 0.233. The van der Waals surface area contributed by atoms with Crippen molar-refractivity contribution in [3.05, 3.63) is 28.5 Å². The first kappa shape index (κ1) is 17.4. The highest BCUT2D eigenvalue weighted by atomic mass is 35.5. The summed E-state index contributed by atoms with van der Waals surface area (Å²) < 4.78 is 40.3. The van der Waals surface area contributed by atoms with E-state index >= 15 is 0 Å². The molecule has 0 aliphatic rings. The number of hydrogen-bond acceptors (Lipinski definition) is 3. The molecule has 0 aliphatic heterocycles. The van der Waals surface area contributed by atoms with Gasteiger partial charge in [0, 0.05) is 30.7 Å². The van der Waals surface area contributed by atoms with E-state index in [0.717, 1.165) is 10.4 Å². The fourth-order valence-corrected chi connectivity index (χ4v) is 3.67. The van der Waals surface area contributed by atoms with Gasteiger partial charge in [-0.15, -0.1) is 0 Å². The summed E-state index contributed by atoms with van der Waals surface area (Å²) in [6.45, 7) is 4.32. The van der Waals surface area contributed by atoms with E-state index < -0.39 is 15.8 Å². The Kier molecular flexibility index (Phi) is 5.94. The fraction of sp³-hybridized carbons (Fsp3) is 0.538. The van der Waals surface area contributed by atoms with Crippen LogP contribution in [-0.2, 0) is 16.6 Å². The van der Waals surface area contributed by atoms with E-state index in [1.165, 1.54) is 13.1 Å². The molecule has 1 rings (SSSR count). The molecule has 4 nitrogen and oxygen atoms in total. The molecule has 0 aliphatic carbocycles. The van der Waals surface area contributed by atoms with Gasteiger partial charge in [-0.3, -0.25) is 0 Å². The maximum Gasteiger partial charge on any atom is 0.245 e. The van der Waals surface area contributed by atoms with E-state index in [9.17, 15) is 12.8 Å². The molecule has 0 spiro atoms. The van der Waals surface area contributed by atoms with Crippen LogP contribution in [0.2, 0.25) is 5.02 Å². The summed E-state index contributed by atoms with van der Waals surface area (Å²) in [6.07, 6.45) is 0. The first-order valence-electron chi connectivity index (χ1n) is 6.29. The molecular weight excluding hydrogens is 303 g/mol. The van der Waals surface area contributed by atoms with Crippen LogP contribution in [0.5, 0.6) is 0 Å². The van der Waals surface area contributed by atoms with Crippen LogP contribution in [0.25, 0.3) is 0 Å². The van der Waals surface area contributed by atoms with Gasteiger partial charge in [-0.2, -0.15) is 0 Å². The van der Waals surface area contributed by atoms with Crippen molar-refractivity contribution in [1.82, 2.24) is 9.62 Å². The lowest BCUT2D eigenvalue weighted by molar-refractivity contribution is 0.413. The highest BCUT2D eigenvalue weighted by Gasteiger charge is 2.27. The molecule has 0 atom stereocenters. The van der Waals surface area contributed by atoms with Crippen LogP contribution in [-0.4, -0.2) is 33.4 Å². The number of sulfonamides is 1. The van der Waals surface area contributed by atoms with Crippen molar-refractivity contribution in [2.24, 2.45) is 5.92 Å². The molecule has 0 bridgehead atoms. The predicted octanol–water partition coefficient (Wildman–Crippen LogP) is 2.48. The average molecular weight is 323 g/mol. The van der Waals surface area contributed by atoms with Crippen molar-refractivity contribution >= 4 is 21.6 Å². The largest absolute Gasteiger partial charge is 0.316 e. The van der Waals surface area contributed by atoms with Crippen LogP contribution >= 0.6 is 11.6 Å². The van der Waals surface area contributed by atoms with Gasteiger partial charge in [-0.05, 0) is 25.1 Å². The summed E-state index contributed by atoms with van der Waals surface area (Å²) in [5.74, 6) is -0.604. The second-order valence-electron chi connectivity index (χ2n) is 5.09. The quantitative estimate of drug-likeness (QED) is 0.875. The van der Waals surface area contributed by atoms with E-state index in [2.05, 4.69) is 5.32 Å². The average Bonchev–Trinajstić information content (AvgIpc) is 2.32. The molecule has 0 amide bonds. The third-order valence-electron chi connectivity index (χ3n) is 2.76. The zero-order valence-corrected chi connectivity index (χ0v) is 13.6. The van der Waals surface area contributed by atoms with Gasteiger partial charge in [-0.25, -0.2) is 17.1 Å². The zero-order chi connectivity index (χ0) is 15.5. The third kappa shape index (κ3) is 3.91. The Bertz CT molecular complexity index is 576. The number of nitrogens with zero attached hydrogens (tertiary/aromatic N) is 1. The van der Waals surface area contributed by atoms with Crippen molar-refractivity contribution in [3.63, 3.8) is 0 Å². The van der Waals surface area contributed by atoms with Gasteiger partial charge in [0.25, 0.3) is 0 Å². The standard InChI is InChI=1S/C13H20ClFN2O2S/c1-9(2)8-17(4)20(18,19)12-6-11(14)5-10(7-16-3)13(12)15/h5-6,9,16H,7-8H2,1-4H3. The Labute approximate surface area is 125 Å². The molecule has 7 heteroatoms. The summed E-state index contributed by atoms with van der Waals surface area (Å²) in [5, 5.41) is 2.99. The molecule has 114 valence electrons. The summed E-state index contributed by atoms with van der Waals surface area (Å²) >= 11 is 5.90. The molecule has 0 radical (unpaired) electrons. The molecule has 1 aromatic carbocycles. The molecule has 0 unspecified atom stereocenters. The number of benzene rings is 1. The van der Waals surface area contributed by atoms with Gasteiger partial charge >= 0.3 is 0 Å². The number of halogens is 2. The Morgan fingerprint density at radius 1 is 1.40 bits per heavy atom. The monoisotopic (exact) mass is 322 g/mol. The first-order chi connectivity index (χ1) is 9.20. The Morgan fingerprint density at radius 2 is 2.00 bits per heavy atom. The molecule has 1 aromatic rings. The lowest BCUT2D eigenvalue weighted by Gasteiger charge is -2.20. The second-order valence-corrected chi connectivity index (χ2v) is 7.54. The van der Waals surface area contributed by atoms with Crippen LogP contribution in [0.15, 0.2) is 17.0 Å². The maximum absolute atomic E-state index is 14.3. The van der Waals surface area contributed by atoms with Gasteiger partial charge < -0.3 is 5.32 Å². The number of nitrogens with one attached hydrogen (secondary N) is 1. The Morgan fingerprint density at radius 3 is 2.50 bits per heavy atom. The number of hydrogen-bond donors (Lipinski definition) is 1. The lowest BCUT2D eigenvalue weighted by Crippen LogP contribution is -2.31. The van der Waals surface area contributed by atoms with Crippen molar-refractivity contribution in [3.8, 4) is 0 Å². The molecule has 0 fully saturated rings. The minimum atomic E-state index is -3.88. The van der Waals surface area contributed by atoms with E-state index in [1.807, 2.05) is 13.8 Å². The van der Waals surface area contributed by atoms with Gasteiger partial charge in [0.05, 0.1) is 0 Å². The van der Waals surface area contributed by atoms with Crippen LogP contribution in [0.4, 0.5) is 4.39 Å². The van der Waals surface area contributed by atoms with Crippen LogP contribution in [0.3, 0.4) is 0 Å². The van der Waals surface area contributed by atoms with E-state index in [1.54, 1.807) is 7.05 Å². The zero-order valence-electron chi connectivity index (χ0n) is 12.1. The topological polar surface area (TPSA) is 49.4 Å². The molecule has 0 saturated carbocycles.